The van der Waals surface area contributed by atoms with Crippen LogP contribution in [-0.4, -0.2) is 70.8 Å². The minimum atomic E-state index is -1.15. The highest BCUT2D eigenvalue weighted by Gasteiger charge is 2.41. The van der Waals surface area contributed by atoms with Gasteiger partial charge in [-0.25, -0.2) is 0 Å². The lowest BCUT2D eigenvalue weighted by Gasteiger charge is -2.39. The number of amides is 4. The van der Waals surface area contributed by atoms with Gasteiger partial charge >= 0.3 is 0 Å². The Morgan fingerprint density at radius 1 is 0.977 bits per heavy atom. The molecule has 2 aliphatic heterocycles. The largest absolute Gasteiger partial charge is 0.417 e. The molecule has 2 aromatic rings. The molecule has 1 aromatic heterocycles. The molecule has 0 radical (unpaired) electrons. The van der Waals surface area contributed by atoms with Gasteiger partial charge in [0.25, 0.3) is 0 Å². The quantitative estimate of drug-likeness (QED) is 0.335. The van der Waals surface area contributed by atoms with Crippen LogP contribution in [0.3, 0.4) is 0 Å². The van der Waals surface area contributed by atoms with Crippen molar-refractivity contribution in [2.24, 2.45) is 5.92 Å². The first-order valence-corrected chi connectivity index (χ1v) is 16.1. The van der Waals surface area contributed by atoms with Crippen LogP contribution in [0.2, 0.25) is 0 Å². The van der Waals surface area contributed by atoms with E-state index in [0.717, 1.165) is 24.8 Å². The Labute approximate surface area is 259 Å². The SMILES string of the molecule is CCC(=O)CCCCC[C@@H]1NC(=O)C(c2cn(OC)c3ccccc23)NC(=O)[C@H](C(C)CC)NC(=O)C2CCCCN2C1=O. The summed E-state index contributed by atoms with van der Waals surface area (Å²) < 4.78 is 1.53. The van der Waals surface area contributed by atoms with E-state index in [1.54, 1.807) is 11.1 Å². The van der Waals surface area contributed by atoms with Crippen LogP contribution in [0.4, 0.5) is 0 Å². The number of Topliss-reactive ketones (excluding diaryl/α,β-unsaturated/α-hetero) is 1. The predicted molar refractivity (Wildman–Crippen MR) is 166 cm³/mol. The number of piperidine rings is 1. The number of hydrogen-bond acceptors (Lipinski definition) is 6. The Morgan fingerprint density at radius 2 is 1.75 bits per heavy atom. The molecule has 1 aromatic carbocycles. The van der Waals surface area contributed by atoms with Gasteiger partial charge in [0, 0.05) is 30.3 Å². The Hall–Kier alpha value is -3.89. The Kier molecular flexibility index (Phi) is 11.4. The second-order valence-electron chi connectivity index (χ2n) is 12.0. The van der Waals surface area contributed by atoms with E-state index in [9.17, 15) is 24.0 Å². The van der Waals surface area contributed by atoms with E-state index in [1.807, 2.05) is 45.0 Å². The van der Waals surface area contributed by atoms with Crippen molar-refractivity contribution in [3.05, 3.63) is 36.0 Å². The maximum Gasteiger partial charge on any atom is 0.247 e. The normalized spacial score (nSPS) is 24.0. The zero-order chi connectivity index (χ0) is 31.8. The Morgan fingerprint density at radius 3 is 2.48 bits per heavy atom. The second-order valence-corrected chi connectivity index (χ2v) is 12.0. The fourth-order valence-electron chi connectivity index (χ4n) is 6.23. The van der Waals surface area contributed by atoms with Gasteiger partial charge in [-0.3, -0.25) is 24.0 Å². The number of ketones is 1. The second kappa shape index (κ2) is 15.2. The minimum absolute atomic E-state index is 0.201. The number of fused-ring (bicyclic) bond motifs is 2. The first kappa shape index (κ1) is 33.0. The van der Waals surface area contributed by atoms with Gasteiger partial charge in [0.05, 0.1) is 11.7 Å². The molecule has 240 valence electrons. The molecule has 0 saturated carbocycles. The number of nitrogens with zero attached hydrogens (tertiary/aromatic N) is 2. The van der Waals surface area contributed by atoms with Gasteiger partial charge < -0.3 is 25.7 Å². The third-order valence-corrected chi connectivity index (χ3v) is 9.10. The fraction of sp³-hybridized carbons (Fsp3) is 0.606. The summed E-state index contributed by atoms with van der Waals surface area (Å²) in [4.78, 5) is 74.8. The van der Waals surface area contributed by atoms with Crippen LogP contribution < -0.4 is 20.8 Å². The zero-order valence-electron chi connectivity index (χ0n) is 26.4. The summed E-state index contributed by atoms with van der Waals surface area (Å²) in [6.07, 6.45) is 7.73. The molecule has 2 saturated heterocycles. The van der Waals surface area contributed by atoms with Crippen molar-refractivity contribution >= 4 is 40.3 Å². The summed E-state index contributed by atoms with van der Waals surface area (Å²) >= 11 is 0. The summed E-state index contributed by atoms with van der Waals surface area (Å²) in [5.41, 5.74) is 1.23. The van der Waals surface area contributed by atoms with Gasteiger partial charge in [-0.1, -0.05) is 58.2 Å². The summed E-state index contributed by atoms with van der Waals surface area (Å²) in [7, 11) is 1.52. The summed E-state index contributed by atoms with van der Waals surface area (Å²) in [5.74, 6) is -1.64. The third kappa shape index (κ3) is 7.42. The molecule has 3 unspecified atom stereocenters. The van der Waals surface area contributed by atoms with E-state index in [-0.39, 0.29) is 23.5 Å². The van der Waals surface area contributed by atoms with Gasteiger partial charge in [-0.05, 0) is 44.1 Å². The van der Waals surface area contributed by atoms with Crippen molar-refractivity contribution in [2.75, 3.05) is 13.7 Å². The molecule has 3 N–H and O–H groups in total. The highest BCUT2D eigenvalue weighted by Crippen LogP contribution is 2.28. The maximum absolute atomic E-state index is 14.2. The van der Waals surface area contributed by atoms with Gasteiger partial charge in [0.15, 0.2) is 0 Å². The molecule has 44 heavy (non-hydrogen) atoms. The molecule has 2 fully saturated rings. The summed E-state index contributed by atoms with van der Waals surface area (Å²) in [6, 6.07) is 3.75. The number of aromatic nitrogens is 1. The predicted octanol–water partition coefficient (Wildman–Crippen LogP) is 3.20. The van der Waals surface area contributed by atoms with Crippen molar-refractivity contribution in [2.45, 2.75) is 109 Å². The maximum atomic E-state index is 14.2. The molecule has 3 heterocycles. The summed E-state index contributed by atoms with van der Waals surface area (Å²) in [5, 5.41) is 9.55. The summed E-state index contributed by atoms with van der Waals surface area (Å²) in [6.45, 7) is 6.07. The van der Waals surface area contributed by atoms with E-state index in [1.165, 1.54) is 11.8 Å². The van der Waals surface area contributed by atoms with Gasteiger partial charge in [-0.15, -0.1) is 0 Å². The molecule has 0 bridgehead atoms. The number of rotatable bonds is 11. The molecule has 2 aliphatic rings. The van der Waals surface area contributed by atoms with Gasteiger partial charge in [0.2, 0.25) is 23.6 Å². The fourth-order valence-corrected chi connectivity index (χ4v) is 6.23. The number of nitrogens with one attached hydrogen (secondary N) is 3. The Balaban J connectivity index is 1.72. The van der Waals surface area contributed by atoms with Crippen LogP contribution in [0, 0.1) is 5.92 Å². The lowest BCUT2D eigenvalue weighted by molar-refractivity contribution is -0.147. The van der Waals surface area contributed by atoms with Crippen LogP contribution in [0.25, 0.3) is 10.9 Å². The number of carbonyl (C=O) groups excluding carboxylic acids is 5. The number of hydrogen-bond donors (Lipinski definition) is 3. The highest BCUT2D eigenvalue weighted by molar-refractivity contribution is 6.00. The average Bonchev–Trinajstić information content (AvgIpc) is 3.42. The van der Waals surface area contributed by atoms with Crippen LogP contribution in [0.15, 0.2) is 30.5 Å². The first-order valence-electron chi connectivity index (χ1n) is 16.1. The van der Waals surface area contributed by atoms with Crippen molar-refractivity contribution in [1.29, 1.82) is 0 Å². The van der Waals surface area contributed by atoms with Crippen LogP contribution in [-0.2, 0) is 24.0 Å². The van der Waals surface area contributed by atoms with E-state index in [4.69, 9.17) is 4.84 Å². The van der Waals surface area contributed by atoms with Crippen molar-refractivity contribution in [1.82, 2.24) is 25.6 Å². The molecule has 4 rings (SSSR count). The molecular formula is C33H47N5O6. The van der Waals surface area contributed by atoms with Crippen LogP contribution >= 0.6 is 0 Å². The van der Waals surface area contributed by atoms with E-state index in [2.05, 4.69) is 16.0 Å². The molecule has 0 spiro atoms. The van der Waals surface area contributed by atoms with E-state index >= 15 is 0 Å². The molecule has 11 nitrogen and oxygen atoms in total. The first-order chi connectivity index (χ1) is 21.2. The molecule has 5 atom stereocenters. The molecule has 0 aliphatic carbocycles. The van der Waals surface area contributed by atoms with Crippen molar-refractivity contribution in [3.8, 4) is 0 Å². The molecular weight excluding hydrogens is 562 g/mol. The number of unbranched alkanes of at least 4 members (excludes halogenated alkanes) is 2. The topological polar surface area (TPSA) is 139 Å². The number of benzene rings is 1. The van der Waals surface area contributed by atoms with E-state index in [0.29, 0.717) is 62.4 Å². The monoisotopic (exact) mass is 609 g/mol. The molecule has 11 heteroatoms. The van der Waals surface area contributed by atoms with Crippen LogP contribution in [0.1, 0.15) is 96.6 Å². The lowest BCUT2D eigenvalue weighted by Crippen LogP contribution is -2.62. The minimum Gasteiger partial charge on any atom is -0.417 e. The average molecular weight is 610 g/mol. The molecule has 4 amide bonds. The highest BCUT2D eigenvalue weighted by atomic mass is 16.6. The lowest BCUT2D eigenvalue weighted by atomic mass is 9.94. The van der Waals surface area contributed by atoms with Gasteiger partial charge in [-0.2, -0.15) is 4.73 Å². The van der Waals surface area contributed by atoms with Crippen LogP contribution in [0.5, 0.6) is 0 Å². The zero-order valence-corrected chi connectivity index (χ0v) is 26.4. The Bertz CT molecular complexity index is 1360. The van der Waals surface area contributed by atoms with Crippen molar-refractivity contribution in [3.63, 3.8) is 0 Å². The number of carbonyl (C=O) groups is 5. The third-order valence-electron chi connectivity index (χ3n) is 9.10. The number of para-hydroxylation sites is 1. The smallest absolute Gasteiger partial charge is 0.247 e. The van der Waals surface area contributed by atoms with E-state index < -0.39 is 36.0 Å². The van der Waals surface area contributed by atoms with Gasteiger partial charge in [0.1, 0.15) is 37.1 Å². The van der Waals surface area contributed by atoms with Crippen molar-refractivity contribution < 1.29 is 28.8 Å². The standard InChI is InChI=1S/C33H47N5O6/c1-5-21(3)28-31(41)36-29(24-20-38(44-4)26-17-11-10-15-23(24)26)32(42)34-25(16-9-7-8-14-22(39)6-2)33(43)37-19-13-12-18-27(37)30(40)35-28/h10-11,15,17,20-21,25,27-29H,5-9,12-14,16,18-19H2,1-4H3,(H,34,42)(H,35,40)(H,36,41)/t21?,25-,27?,28-,29?/m0/s1.